The Morgan fingerprint density at radius 2 is 2.12 bits per heavy atom. The smallest absolute Gasteiger partial charge is 0.315 e. The fourth-order valence-electron chi connectivity index (χ4n) is 3.18. The third-order valence-corrected chi connectivity index (χ3v) is 4.76. The second-order valence-electron chi connectivity index (χ2n) is 7.06. The summed E-state index contributed by atoms with van der Waals surface area (Å²) in [5.41, 5.74) is 1.10. The first-order valence-corrected chi connectivity index (χ1v) is 8.99. The minimum Gasteiger partial charge on any atom is -0.491 e. The summed E-state index contributed by atoms with van der Waals surface area (Å²) in [6.07, 6.45) is 4.72. The van der Waals surface area contributed by atoms with E-state index in [1.165, 1.54) is 12.8 Å². The molecule has 2 amide bonds. The molecular formula is C19H28N2O3. The molecule has 0 spiro atoms. The largest absolute Gasteiger partial charge is 0.491 e. The molecule has 1 saturated carbocycles. The SMILES string of the molecule is Cc1ccccc1OCC(C)NC(=O)NC1CCOC(C2CC2)C1. The van der Waals surface area contributed by atoms with Gasteiger partial charge in [0.2, 0.25) is 0 Å². The Bertz CT molecular complexity index is 559. The van der Waals surface area contributed by atoms with Crippen molar-refractivity contribution in [3.05, 3.63) is 29.8 Å². The average molecular weight is 332 g/mol. The number of rotatable bonds is 6. The van der Waals surface area contributed by atoms with E-state index in [9.17, 15) is 4.79 Å². The highest BCUT2D eigenvalue weighted by Gasteiger charge is 2.36. The predicted octanol–water partition coefficient (Wildman–Crippen LogP) is 3.02. The van der Waals surface area contributed by atoms with E-state index in [2.05, 4.69) is 10.6 Å². The van der Waals surface area contributed by atoms with Gasteiger partial charge in [0.05, 0.1) is 12.1 Å². The number of para-hydroxylation sites is 1. The molecule has 3 unspecified atom stereocenters. The summed E-state index contributed by atoms with van der Waals surface area (Å²) in [7, 11) is 0. The molecule has 1 aromatic rings. The summed E-state index contributed by atoms with van der Waals surface area (Å²) in [5, 5.41) is 6.05. The summed E-state index contributed by atoms with van der Waals surface area (Å²) in [4.78, 5) is 12.2. The fraction of sp³-hybridized carbons (Fsp3) is 0.632. The molecule has 0 radical (unpaired) electrons. The number of carbonyl (C=O) groups is 1. The molecule has 132 valence electrons. The first-order valence-electron chi connectivity index (χ1n) is 8.99. The first kappa shape index (κ1) is 17.1. The van der Waals surface area contributed by atoms with Gasteiger partial charge in [0, 0.05) is 12.6 Å². The molecule has 3 atom stereocenters. The lowest BCUT2D eigenvalue weighted by atomic mass is 10.0. The number of hydrogen-bond donors (Lipinski definition) is 2. The molecule has 24 heavy (non-hydrogen) atoms. The van der Waals surface area contributed by atoms with Crippen molar-refractivity contribution in [2.45, 2.75) is 57.7 Å². The maximum absolute atomic E-state index is 12.2. The molecule has 1 aliphatic heterocycles. The van der Waals surface area contributed by atoms with Crippen LogP contribution in [0.25, 0.3) is 0 Å². The molecule has 2 N–H and O–H groups in total. The highest BCUT2D eigenvalue weighted by Crippen LogP contribution is 2.38. The Balaban J connectivity index is 1.38. The maximum Gasteiger partial charge on any atom is 0.315 e. The van der Waals surface area contributed by atoms with Crippen LogP contribution in [0.1, 0.15) is 38.2 Å². The molecule has 0 bridgehead atoms. The van der Waals surface area contributed by atoms with E-state index in [0.29, 0.717) is 12.7 Å². The molecule has 5 nitrogen and oxygen atoms in total. The molecule has 1 aromatic carbocycles. The second kappa shape index (κ2) is 7.88. The Kier molecular flexibility index (Phi) is 5.61. The lowest BCUT2D eigenvalue weighted by molar-refractivity contribution is -0.00919. The van der Waals surface area contributed by atoms with Crippen LogP contribution in [0, 0.1) is 12.8 Å². The molecule has 0 aromatic heterocycles. The topological polar surface area (TPSA) is 59.6 Å². The van der Waals surface area contributed by atoms with Crippen molar-refractivity contribution in [3.8, 4) is 5.75 Å². The minimum atomic E-state index is -0.114. The van der Waals surface area contributed by atoms with E-state index in [0.717, 1.165) is 36.7 Å². The standard InChI is InChI=1S/C19H28N2O3/c1-13-5-3-4-6-17(13)24-12-14(2)20-19(22)21-16-9-10-23-18(11-16)15-7-8-15/h3-6,14-16,18H,7-12H2,1-2H3,(H2,20,21,22). The lowest BCUT2D eigenvalue weighted by Crippen LogP contribution is -2.49. The van der Waals surface area contributed by atoms with Crippen LogP contribution in [0.5, 0.6) is 5.75 Å². The van der Waals surface area contributed by atoms with Crippen LogP contribution in [0.3, 0.4) is 0 Å². The quantitative estimate of drug-likeness (QED) is 0.842. The van der Waals surface area contributed by atoms with E-state index in [1.54, 1.807) is 0 Å². The fourth-order valence-corrected chi connectivity index (χ4v) is 3.18. The van der Waals surface area contributed by atoms with Gasteiger partial charge in [0.1, 0.15) is 12.4 Å². The Morgan fingerprint density at radius 1 is 1.33 bits per heavy atom. The molecule has 3 rings (SSSR count). The number of hydrogen-bond acceptors (Lipinski definition) is 3. The van der Waals surface area contributed by atoms with Crippen molar-refractivity contribution in [1.29, 1.82) is 0 Å². The molecule has 5 heteroatoms. The molecule has 2 fully saturated rings. The number of aryl methyl sites for hydroxylation is 1. The summed E-state index contributed by atoms with van der Waals surface area (Å²) in [5.74, 6) is 1.59. The zero-order valence-corrected chi connectivity index (χ0v) is 14.6. The Labute approximate surface area is 144 Å². The van der Waals surface area contributed by atoms with Crippen LogP contribution in [-0.4, -0.2) is 37.4 Å². The zero-order chi connectivity index (χ0) is 16.9. The Hall–Kier alpha value is -1.75. The van der Waals surface area contributed by atoms with Crippen molar-refractivity contribution >= 4 is 6.03 Å². The van der Waals surface area contributed by atoms with E-state index in [1.807, 2.05) is 38.1 Å². The van der Waals surface area contributed by atoms with Gasteiger partial charge in [0.25, 0.3) is 0 Å². The number of carbonyl (C=O) groups excluding carboxylic acids is 1. The van der Waals surface area contributed by atoms with Crippen LogP contribution in [0.15, 0.2) is 24.3 Å². The molecule has 1 aliphatic carbocycles. The predicted molar refractivity (Wildman–Crippen MR) is 93.3 cm³/mol. The summed E-state index contributed by atoms with van der Waals surface area (Å²) < 4.78 is 11.6. The minimum absolute atomic E-state index is 0.0522. The highest BCUT2D eigenvalue weighted by atomic mass is 16.5. The summed E-state index contributed by atoms with van der Waals surface area (Å²) in [6.45, 7) is 5.17. The molecular weight excluding hydrogens is 304 g/mol. The van der Waals surface area contributed by atoms with Gasteiger partial charge < -0.3 is 20.1 Å². The number of urea groups is 1. The van der Waals surface area contributed by atoms with Crippen molar-refractivity contribution in [1.82, 2.24) is 10.6 Å². The zero-order valence-electron chi connectivity index (χ0n) is 14.6. The van der Waals surface area contributed by atoms with Gasteiger partial charge in [-0.25, -0.2) is 4.79 Å². The van der Waals surface area contributed by atoms with Gasteiger partial charge in [0.15, 0.2) is 0 Å². The van der Waals surface area contributed by atoms with Crippen molar-refractivity contribution in [2.24, 2.45) is 5.92 Å². The number of amides is 2. The van der Waals surface area contributed by atoms with E-state index >= 15 is 0 Å². The number of benzene rings is 1. The third kappa shape index (κ3) is 4.87. The van der Waals surface area contributed by atoms with Crippen LogP contribution in [0.2, 0.25) is 0 Å². The molecule has 2 aliphatic rings. The second-order valence-corrected chi connectivity index (χ2v) is 7.06. The van der Waals surface area contributed by atoms with Gasteiger partial charge in [-0.2, -0.15) is 0 Å². The van der Waals surface area contributed by atoms with Crippen molar-refractivity contribution in [3.63, 3.8) is 0 Å². The van der Waals surface area contributed by atoms with Crippen LogP contribution < -0.4 is 15.4 Å². The van der Waals surface area contributed by atoms with Gasteiger partial charge in [-0.15, -0.1) is 0 Å². The molecule has 1 heterocycles. The Morgan fingerprint density at radius 3 is 2.88 bits per heavy atom. The molecule has 1 saturated heterocycles. The summed E-state index contributed by atoms with van der Waals surface area (Å²) >= 11 is 0. The van der Waals surface area contributed by atoms with Gasteiger partial charge in [-0.05, 0) is 57.1 Å². The van der Waals surface area contributed by atoms with Crippen molar-refractivity contribution in [2.75, 3.05) is 13.2 Å². The van der Waals surface area contributed by atoms with E-state index < -0.39 is 0 Å². The van der Waals surface area contributed by atoms with Crippen molar-refractivity contribution < 1.29 is 14.3 Å². The van der Waals surface area contributed by atoms with Crippen LogP contribution in [0.4, 0.5) is 4.79 Å². The van der Waals surface area contributed by atoms with Gasteiger partial charge in [-0.1, -0.05) is 18.2 Å². The maximum atomic E-state index is 12.2. The van der Waals surface area contributed by atoms with E-state index in [4.69, 9.17) is 9.47 Å². The van der Waals surface area contributed by atoms with Gasteiger partial charge >= 0.3 is 6.03 Å². The lowest BCUT2D eigenvalue weighted by Gasteiger charge is -2.30. The third-order valence-electron chi connectivity index (χ3n) is 4.76. The highest BCUT2D eigenvalue weighted by molar-refractivity contribution is 5.74. The van der Waals surface area contributed by atoms with E-state index in [-0.39, 0.29) is 18.1 Å². The van der Waals surface area contributed by atoms with Gasteiger partial charge in [-0.3, -0.25) is 0 Å². The number of nitrogens with one attached hydrogen (secondary N) is 2. The summed E-state index contributed by atoms with van der Waals surface area (Å²) in [6, 6.07) is 7.95. The first-order chi connectivity index (χ1) is 11.6. The number of ether oxygens (including phenoxy) is 2. The van der Waals surface area contributed by atoms with Crippen LogP contribution in [-0.2, 0) is 4.74 Å². The van der Waals surface area contributed by atoms with Crippen LogP contribution >= 0.6 is 0 Å². The normalized spacial score (nSPS) is 24.9. The monoisotopic (exact) mass is 332 g/mol. The average Bonchev–Trinajstić information content (AvgIpc) is 3.39.